The van der Waals surface area contributed by atoms with Gasteiger partial charge in [-0.1, -0.05) is 0 Å². The number of hydrogen-bond acceptors (Lipinski definition) is 2. The monoisotopic (exact) mass is 277 g/mol. The van der Waals surface area contributed by atoms with Gasteiger partial charge >= 0.3 is 6.18 Å². The maximum atomic E-state index is 12.6. The van der Waals surface area contributed by atoms with Crippen LogP contribution < -0.4 is 5.32 Å². The van der Waals surface area contributed by atoms with Gasteiger partial charge in [-0.05, 0) is 36.3 Å². The van der Waals surface area contributed by atoms with E-state index in [1.165, 1.54) is 6.07 Å². The molecule has 2 rings (SSSR count). The summed E-state index contributed by atoms with van der Waals surface area (Å²) in [6.07, 6.45) is -4.47. The third-order valence-corrected chi connectivity index (χ3v) is 4.27. The Kier molecular flexibility index (Phi) is 3.29. The first kappa shape index (κ1) is 13.2. The number of fused-ring (bicyclic) bond motifs is 1. The molecule has 1 N–H and O–H groups in total. The van der Waals surface area contributed by atoms with Crippen molar-refractivity contribution in [3.63, 3.8) is 0 Å². The molecule has 18 heavy (non-hydrogen) atoms. The molecule has 1 amide bonds. The molecule has 7 heteroatoms. The van der Waals surface area contributed by atoms with E-state index in [1.54, 1.807) is 6.92 Å². The van der Waals surface area contributed by atoms with Crippen molar-refractivity contribution < 1.29 is 22.5 Å². The highest BCUT2D eigenvalue weighted by Crippen LogP contribution is 2.40. The fourth-order valence-electron chi connectivity index (χ4n) is 1.84. The number of nitrogens with one attached hydrogen (secondary N) is 1. The van der Waals surface area contributed by atoms with E-state index in [-0.39, 0.29) is 11.3 Å². The van der Waals surface area contributed by atoms with E-state index in [2.05, 4.69) is 5.32 Å². The Bertz CT molecular complexity index is 490. The molecule has 98 valence electrons. The van der Waals surface area contributed by atoms with Gasteiger partial charge < -0.3 is 9.87 Å². The molecule has 0 bridgehead atoms. The topological polar surface area (TPSA) is 52.2 Å². The molecule has 1 heterocycles. The van der Waals surface area contributed by atoms with Gasteiger partial charge in [-0.25, -0.2) is 0 Å². The summed E-state index contributed by atoms with van der Waals surface area (Å²) in [7, 11) is 0. The second-order valence-electron chi connectivity index (χ2n) is 3.84. The fraction of sp³-hybridized carbons (Fsp3) is 0.364. The molecule has 1 aromatic carbocycles. The summed E-state index contributed by atoms with van der Waals surface area (Å²) in [4.78, 5) is 11.6. The lowest BCUT2D eigenvalue weighted by Crippen LogP contribution is -2.22. The van der Waals surface area contributed by atoms with E-state index in [9.17, 15) is 22.5 Å². The summed E-state index contributed by atoms with van der Waals surface area (Å²) in [6.45, 7) is 1.62. The SMILES string of the molecule is CC[S+]([O-])C1C(=O)Nc2ccc(C(F)(F)F)cc21. The standard InChI is InChI=1S/C11H10F3NO2S/c1-2-18(17)9-7-5-6(11(12,13)14)3-4-8(7)15-10(9)16/h3-5,9H,2H2,1H3,(H,15,16). The fourth-order valence-corrected chi connectivity index (χ4v) is 2.95. The van der Waals surface area contributed by atoms with Crippen molar-refractivity contribution in [2.45, 2.75) is 18.3 Å². The molecule has 1 aliphatic heterocycles. The van der Waals surface area contributed by atoms with Crippen LogP contribution in [0, 0.1) is 0 Å². The van der Waals surface area contributed by atoms with Gasteiger partial charge in [0.25, 0.3) is 5.91 Å². The average molecular weight is 277 g/mol. The number of hydrogen-bond donors (Lipinski definition) is 1. The number of carbonyl (C=O) groups is 1. The van der Waals surface area contributed by atoms with Crippen LogP contribution in [-0.4, -0.2) is 16.2 Å². The molecule has 0 fully saturated rings. The number of carbonyl (C=O) groups excluding carboxylic acids is 1. The zero-order valence-corrected chi connectivity index (χ0v) is 10.2. The van der Waals surface area contributed by atoms with Crippen molar-refractivity contribution in [2.75, 3.05) is 11.1 Å². The van der Waals surface area contributed by atoms with Crippen LogP contribution in [0.15, 0.2) is 18.2 Å². The average Bonchev–Trinajstić information content (AvgIpc) is 2.61. The second kappa shape index (κ2) is 4.47. The largest absolute Gasteiger partial charge is 0.615 e. The highest BCUT2D eigenvalue weighted by Gasteiger charge is 2.41. The first-order chi connectivity index (χ1) is 8.34. The van der Waals surface area contributed by atoms with Crippen molar-refractivity contribution >= 4 is 22.8 Å². The molecular formula is C11H10F3NO2S. The Morgan fingerprint density at radius 3 is 2.67 bits per heavy atom. The maximum Gasteiger partial charge on any atom is 0.416 e. The van der Waals surface area contributed by atoms with Crippen LogP contribution in [0.4, 0.5) is 18.9 Å². The van der Waals surface area contributed by atoms with E-state index in [4.69, 9.17) is 0 Å². The summed E-state index contributed by atoms with van der Waals surface area (Å²) in [6, 6.07) is 2.99. The number of benzene rings is 1. The van der Waals surface area contributed by atoms with Gasteiger partial charge in [-0.3, -0.25) is 4.79 Å². The lowest BCUT2D eigenvalue weighted by atomic mass is 10.1. The van der Waals surface area contributed by atoms with Crippen LogP contribution in [0.3, 0.4) is 0 Å². The molecule has 3 nitrogen and oxygen atoms in total. The molecule has 0 spiro atoms. The molecule has 0 aliphatic carbocycles. The van der Waals surface area contributed by atoms with Crippen molar-refractivity contribution in [3.05, 3.63) is 29.3 Å². The van der Waals surface area contributed by atoms with Crippen LogP contribution in [0.2, 0.25) is 0 Å². The minimum absolute atomic E-state index is 0.162. The normalized spacial score (nSPS) is 20.5. The molecule has 0 aromatic heterocycles. The van der Waals surface area contributed by atoms with E-state index < -0.39 is 34.1 Å². The summed E-state index contributed by atoms with van der Waals surface area (Å²) in [5.74, 6) is -0.294. The Labute approximate surface area is 105 Å². The molecule has 2 atom stereocenters. The molecule has 1 aromatic rings. The van der Waals surface area contributed by atoms with Crippen LogP contribution in [-0.2, 0) is 22.1 Å². The Hall–Kier alpha value is -1.21. The van der Waals surface area contributed by atoms with Gasteiger partial charge in [0.1, 0.15) is 5.75 Å². The minimum Gasteiger partial charge on any atom is -0.615 e. The summed E-state index contributed by atoms with van der Waals surface area (Å²) in [5.41, 5.74) is -0.370. The molecular weight excluding hydrogens is 267 g/mol. The molecule has 2 unspecified atom stereocenters. The van der Waals surface area contributed by atoms with Crippen molar-refractivity contribution in [3.8, 4) is 0 Å². The highest BCUT2D eigenvalue weighted by atomic mass is 32.2. The second-order valence-corrected chi connectivity index (χ2v) is 5.65. The molecule has 0 saturated carbocycles. The first-order valence-electron chi connectivity index (χ1n) is 5.23. The summed E-state index contributed by atoms with van der Waals surface area (Å²) in [5, 5.41) is 1.43. The van der Waals surface area contributed by atoms with Gasteiger partial charge in [-0.15, -0.1) is 0 Å². The number of alkyl halides is 3. The molecule has 0 saturated heterocycles. The van der Waals surface area contributed by atoms with Crippen LogP contribution >= 0.6 is 0 Å². The Morgan fingerprint density at radius 1 is 1.44 bits per heavy atom. The van der Waals surface area contributed by atoms with Crippen LogP contribution in [0.1, 0.15) is 23.3 Å². The van der Waals surface area contributed by atoms with Crippen molar-refractivity contribution in [1.82, 2.24) is 0 Å². The quantitative estimate of drug-likeness (QED) is 0.844. The Morgan fingerprint density at radius 2 is 2.11 bits per heavy atom. The number of anilines is 1. The van der Waals surface area contributed by atoms with Gasteiger partial charge in [0.05, 0.1) is 5.56 Å². The van der Waals surface area contributed by atoms with E-state index in [0.717, 1.165) is 12.1 Å². The molecule has 1 aliphatic rings. The predicted molar refractivity (Wildman–Crippen MR) is 61.5 cm³/mol. The van der Waals surface area contributed by atoms with Gasteiger partial charge in [0.2, 0.25) is 5.25 Å². The van der Waals surface area contributed by atoms with E-state index >= 15 is 0 Å². The summed E-state index contributed by atoms with van der Waals surface area (Å²) >= 11 is -1.51. The Balaban J connectivity index is 2.46. The van der Waals surface area contributed by atoms with Gasteiger partial charge in [-0.2, -0.15) is 13.2 Å². The van der Waals surface area contributed by atoms with Gasteiger partial charge in [0.15, 0.2) is 0 Å². The lowest BCUT2D eigenvalue weighted by Gasteiger charge is -2.15. The van der Waals surface area contributed by atoms with E-state index in [0.29, 0.717) is 5.69 Å². The number of halogens is 3. The van der Waals surface area contributed by atoms with Crippen LogP contribution in [0.25, 0.3) is 0 Å². The smallest absolute Gasteiger partial charge is 0.416 e. The van der Waals surface area contributed by atoms with Crippen LogP contribution in [0.5, 0.6) is 0 Å². The van der Waals surface area contributed by atoms with E-state index in [1.807, 2.05) is 0 Å². The minimum atomic E-state index is -4.47. The third kappa shape index (κ3) is 2.20. The number of amides is 1. The van der Waals surface area contributed by atoms with Gasteiger partial charge in [0, 0.05) is 11.3 Å². The zero-order valence-electron chi connectivity index (χ0n) is 9.38. The maximum absolute atomic E-state index is 12.6. The zero-order chi connectivity index (χ0) is 13.5. The van der Waals surface area contributed by atoms with Crippen molar-refractivity contribution in [1.29, 1.82) is 0 Å². The van der Waals surface area contributed by atoms with Crippen molar-refractivity contribution in [2.24, 2.45) is 0 Å². The number of rotatable bonds is 2. The lowest BCUT2D eigenvalue weighted by molar-refractivity contribution is -0.137. The molecule has 0 radical (unpaired) electrons. The summed E-state index contributed by atoms with van der Waals surface area (Å²) < 4.78 is 49.5. The first-order valence-corrected chi connectivity index (χ1v) is 6.62. The predicted octanol–water partition coefficient (Wildman–Crippen LogP) is 2.47. The third-order valence-electron chi connectivity index (χ3n) is 2.70. The highest BCUT2D eigenvalue weighted by molar-refractivity contribution is 7.92.